The van der Waals surface area contributed by atoms with E-state index in [0.717, 1.165) is 54.6 Å². The highest BCUT2D eigenvalue weighted by molar-refractivity contribution is 5.91. The van der Waals surface area contributed by atoms with E-state index in [4.69, 9.17) is 9.47 Å². The molecule has 0 spiro atoms. The van der Waals surface area contributed by atoms with Crippen LogP contribution in [0.5, 0.6) is 5.75 Å². The molecule has 2 fully saturated rings. The molecule has 236 valence electrons. The number of methoxy groups -OCH3 is 1. The first-order valence-corrected chi connectivity index (χ1v) is 15.4. The van der Waals surface area contributed by atoms with Crippen molar-refractivity contribution in [2.75, 3.05) is 20.3 Å². The molecule has 2 amide bonds. The van der Waals surface area contributed by atoms with Crippen LogP contribution in [0.3, 0.4) is 0 Å². The summed E-state index contributed by atoms with van der Waals surface area (Å²) in [5.41, 5.74) is 2.59. The molecule has 10 nitrogen and oxygen atoms in total. The number of carbonyl (C=O) groups excluding carboxylic acids is 2. The Bertz CT molecular complexity index is 1490. The van der Waals surface area contributed by atoms with Crippen LogP contribution >= 0.6 is 0 Å². The molecular weight excluding hydrogens is 562 g/mol. The van der Waals surface area contributed by atoms with Crippen LogP contribution in [0.2, 0.25) is 0 Å². The average molecular weight is 606 g/mol. The summed E-state index contributed by atoms with van der Waals surface area (Å²) in [4.78, 5) is 53.7. The monoisotopic (exact) mass is 605 g/mol. The van der Waals surface area contributed by atoms with Crippen molar-refractivity contribution in [1.82, 2.24) is 15.2 Å². The molecule has 2 aliphatic rings. The van der Waals surface area contributed by atoms with E-state index in [9.17, 15) is 24.3 Å². The van der Waals surface area contributed by atoms with E-state index in [0.29, 0.717) is 25.0 Å². The standard InChI is InChI=1S/C18H30N2O5.C16H13NO2/c1-12-7-4-3-5-10-25-13(2)11-15(21)20-9-6-8-14(20)17(22)19-16(12)18(23)24;1-19-12-7-8-13-15(9-12)17-14(10-16(13)18)11-5-3-2-4-6-11/h12-14,16H,3-11H2,1-2H3,(H,19,22)(H,23,24);2-10H,1H3,(H,17,18)/t12?,13-,14?,16?;/m1./s1. The molecule has 5 rings (SSSR count). The summed E-state index contributed by atoms with van der Waals surface area (Å²) in [6.45, 7) is 4.87. The number of aromatic amines is 1. The van der Waals surface area contributed by atoms with Gasteiger partial charge in [0.25, 0.3) is 0 Å². The molecule has 3 N–H and O–H groups in total. The highest BCUT2D eigenvalue weighted by Crippen LogP contribution is 2.23. The molecule has 10 heteroatoms. The Kier molecular flexibility index (Phi) is 11.5. The molecule has 2 aliphatic heterocycles. The van der Waals surface area contributed by atoms with Crippen molar-refractivity contribution < 1.29 is 29.0 Å². The number of hydrogen-bond donors (Lipinski definition) is 3. The predicted octanol–water partition coefficient (Wildman–Crippen LogP) is 4.76. The van der Waals surface area contributed by atoms with Crippen molar-refractivity contribution >= 4 is 28.7 Å². The second-order valence-corrected chi connectivity index (χ2v) is 11.6. The molecule has 3 aromatic rings. The number of nitrogens with zero attached hydrogens (tertiary/aromatic N) is 1. The number of aliphatic carboxylic acids is 1. The van der Waals surface area contributed by atoms with Gasteiger partial charge in [-0.15, -0.1) is 0 Å². The lowest BCUT2D eigenvalue weighted by molar-refractivity contribution is -0.145. The van der Waals surface area contributed by atoms with Gasteiger partial charge < -0.3 is 29.8 Å². The summed E-state index contributed by atoms with van der Waals surface area (Å²) < 4.78 is 10.9. The number of carboxylic acids is 1. The predicted molar refractivity (Wildman–Crippen MR) is 169 cm³/mol. The number of carboxylic acid groups (broad SMARTS) is 1. The first-order chi connectivity index (χ1) is 21.2. The molecule has 2 saturated heterocycles. The fraction of sp³-hybridized carbons (Fsp3) is 0.471. The zero-order valence-electron chi connectivity index (χ0n) is 25.7. The van der Waals surface area contributed by atoms with Crippen LogP contribution in [0.1, 0.15) is 58.8 Å². The Balaban J connectivity index is 0.000000208. The third-order valence-corrected chi connectivity index (χ3v) is 8.30. The molecule has 4 atom stereocenters. The number of nitrogens with one attached hydrogen (secondary N) is 2. The van der Waals surface area contributed by atoms with Crippen LogP contribution in [-0.4, -0.2) is 71.2 Å². The van der Waals surface area contributed by atoms with Gasteiger partial charge in [-0.2, -0.15) is 0 Å². The van der Waals surface area contributed by atoms with Crippen LogP contribution in [0, 0.1) is 5.92 Å². The van der Waals surface area contributed by atoms with Gasteiger partial charge in [-0.25, -0.2) is 4.79 Å². The molecular formula is C34H43N3O7. The lowest BCUT2D eigenvalue weighted by atomic mass is 9.95. The number of aromatic nitrogens is 1. The number of ether oxygens (including phenoxy) is 2. The molecule has 0 saturated carbocycles. The Morgan fingerprint density at radius 3 is 2.48 bits per heavy atom. The Morgan fingerprint density at radius 1 is 0.977 bits per heavy atom. The zero-order valence-corrected chi connectivity index (χ0v) is 25.7. The number of hydrogen-bond acceptors (Lipinski definition) is 6. The minimum absolute atomic E-state index is 0.00950. The van der Waals surface area contributed by atoms with Crippen LogP contribution in [0.25, 0.3) is 22.2 Å². The third-order valence-electron chi connectivity index (χ3n) is 8.30. The number of pyridine rings is 1. The van der Waals surface area contributed by atoms with Gasteiger partial charge >= 0.3 is 5.97 Å². The van der Waals surface area contributed by atoms with Crippen LogP contribution < -0.4 is 15.5 Å². The van der Waals surface area contributed by atoms with Crippen molar-refractivity contribution in [3.8, 4) is 17.0 Å². The molecule has 0 bridgehead atoms. The van der Waals surface area contributed by atoms with Gasteiger partial charge in [-0.05, 0) is 56.2 Å². The summed E-state index contributed by atoms with van der Waals surface area (Å²) in [7, 11) is 1.61. The van der Waals surface area contributed by atoms with Gasteiger partial charge in [-0.3, -0.25) is 14.4 Å². The van der Waals surface area contributed by atoms with Gasteiger partial charge in [-0.1, -0.05) is 50.1 Å². The maximum absolute atomic E-state index is 12.6. The minimum atomic E-state index is -1.02. The van der Waals surface area contributed by atoms with Gasteiger partial charge in [0, 0.05) is 36.4 Å². The first kappa shape index (κ1) is 32.7. The van der Waals surface area contributed by atoms with Crippen molar-refractivity contribution in [1.29, 1.82) is 0 Å². The van der Waals surface area contributed by atoms with E-state index in [2.05, 4.69) is 10.3 Å². The van der Waals surface area contributed by atoms with E-state index in [1.165, 1.54) is 0 Å². The Hall–Kier alpha value is -4.18. The summed E-state index contributed by atoms with van der Waals surface area (Å²) in [6, 6.07) is 15.3. The summed E-state index contributed by atoms with van der Waals surface area (Å²) in [5, 5.41) is 12.8. The second-order valence-electron chi connectivity index (χ2n) is 11.6. The van der Waals surface area contributed by atoms with Crippen LogP contribution in [0.15, 0.2) is 59.4 Å². The molecule has 3 heterocycles. The lowest BCUT2D eigenvalue weighted by Crippen LogP contribution is -2.53. The number of benzene rings is 2. The van der Waals surface area contributed by atoms with Gasteiger partial charge in [0.05, 0.1) is 25.2 Å². The maximum Gasteiger partial charge on any atom is 0.326 e. The Labute approximate surface area is 257 Å². The molecule has 0 radical (unpaired) electrons. The van der Waals surface area contributed by atoms with E-state index >= 15 is 0 Å². The van der Waals surface area contributed by atoms with Crippen LogP contribution in [-0.2, 0) is 19.1 Å². The normalized spacial score (nSPS) is 23.4. The van der Waals surface area contributed by atoms with E-state index in [1.807, 2.05) is 50.2 Å². The molecule has 3 unspecified atom stereocenters. The Morgan fingerprint density at radius 2 is 1.75 bits per heavy atom. The van der Waals surface area contributed by atoms with Crippen molar-refractivity contribution in [3.05, 3.63) is 64.8 Å². The topological polar surface area (TPSA) is 138 Å². The minimum Gasteiger partial charge on any atom is -0.497 e. The highest BCUT2D eigenvalue weighted by Gasteiger charge is 2.37. The molecule has 0 aliphatic carbocycles. The fourth-order valence-electron chi connectivity index (χ4n) is 5.78. The smallest absolute Gasteiger partial charge is 0.326 e. The summed E-state index contributed by atoms with van der Waals surface area (Å²) in [6.07, 6.45) is 4.88. The number of H-pyrrole nitrogens is 1. The van der Waals surface area contributed by atoms with E-state index in [1.54, 1.807) is 30.2 Å². The second kappa shape index (κ2) is 15.5. The van der Waals surface area contributed by atoms with E-state index < -0.39 is 18.1 Å². The number of fused-ring (bicyclic) bond motifs is 2. The maximum atomic E-state index is 12.6. The fourth-order valence-corrected chi connectivity index (χ4v) is 5.78. The van der Waals surface area contributed by atoms with Crippen LogP contribution in [0.4, 0.5) is 0 Å². The molecule has 44 heavy (non-hydrogen) atoms. The highest BCUT2D eigenvalue weighted by atomic mass is 16.5. The third kappa shape index (κ3) is 8.47. The average Bonchev–Trinajstić information content (AvgIpc) is 3.52. The zero-order chi connectivity index (χ0) is 31.6. The SMILES string of the molecule is CC1CCCCCO[C@H](C)CC(=O)N2CCCC2C(=O)NC1C(=O)O.COc1ccc2c(=O)cc(-c3ccccc3)[nH]c2c1. The largest absolute Gasteiger partial charge is 0.497 e. The van der Waals surface area contributed by atoms with Gasteiger partial charge in [0.2, 0.25) is 11.8 Å². The van der Waals surface area contributed by atoms with E-state index in [-0.39, 0.29) is 35.7 Å². The quantitative estimate of drug-likeness (QED) is 0.392. The number of carbonyl (C=O) groups is 3. The molecule has 1 aromatic heterocycles. The number of amides is 2. The van der Waals surface area contributed by atoms with Crippen molar-refractivity contribution in [2.45, 2.75) is 77.0 Å². The summed E-state index contributed by atoms with van der Waals surface area (Å²) in [5.74, 6) is -0.892. The summed E-state index contributed by atoms with van der Waals surface area (Å²) >= 11 is 0. The lowest BCUT2D eigenvalue weighted by Gasteiger charge is -2.28. The first-order valence-electron chi connectivity index (χ1n) is 15.4. The number of rotatable bonds is 3. The van der Waals surface area contributed by atoms with Gasteiger partial charge in [0.1, 0.15) is 17.8 Å². The molecule has 2 aromatic carbocycles. The van der Waals surface area contributed by atoms with Gasteiger partial charge in [0.15, 0.2) is 5.43 Å². The van der Waals surface area contributed by atoms with Crippen molar-refractivity contribution in [2.24, 2.45) is 5.92 Å². The van der Waals surface area contributed by atoms with Crippen molar-refractivity contribution in [3.63, 3.8) is 0 Å².